The monoisotopic (exact) mass is 343 g/mol. The number of halogens is 4. The third-order valence-electron chi connectivity index (χ3n) is 2.92. The normalized spacial score (nSPS) is 12.4. The molecule has 1 nitrogen and oxygen atoms in total. The predicted molar refractivity (Wildman–Crippen MR) is 76.0 cm³/mol. The molecule has 5 heteroatoms. The van der Waals surface area contributed by atoms with Crippen molar-refractivity contribution in [1.29, 1.82) is 0 Å². The van der Waals surface area contributed by atoms with Gasteiger partial charge in [0.2, 0.25) is 0 Å². The summed E-state index contributed by atoms with van der Waals surface area (Å²) in [5, 5.41) is 2.98. The third kappa shape index (κ3) is 3.22. The van der Waals surface area contributed by atoms with E-state index in [1.807, 2.05) is 6.92 Å². The summed E-state index contributed by atoms with van der Waals surface area (Å²) in [6, 6.07) is 7.38. The predicted octanol–water partition coefficient (Wildman–Crippen LogP) is 4.57. The molecule has 20 heavy (non-hydrogen) atoms. The van der Waals surface area contributed by atoms with Crippen LogP contribution < -0.4 is 5.32 Å². The standard InChI is InChI=1S/C15H13BrF3N/c1-2-20-15(9-4-3-5-11(17)6-9)14-12(18)7-10(16)8-13(14)19/h3-8,15,20H,2H2,1H3. The number of nitrogens with one attached hydrogen (secondary N) is 1. The van der Waals surface area contributed by atoms with Gasteiger partial charge in [-0.15, -0.1) is 0 Å². The maximum Gasteiger partial charge on any atom is 0.132 e. The van der Waals surface area contributed by atoms with Crippen molar-refractivity contribution < 1.29 is 13.2 Å². The average molecular weight is 344 g/mol. The Kier molecular flexibility index (Phi) is 4.83. The first-order chi connectivity index (χ1) is 9.52. The maximum absolute atomic E-state index is 14.1. The number of hydrogen-bond acceptors (Lipinski definition) is 1. The largest absolute Gasteiger partial charge is 0.306 e. The van der Waals surface area contributed by atoms with Gasteiger partial charge in [-0.3, -0.25) is 0 Å². The van der Waals surface area contributed by atoms with Gasteiger partial charge < -0.3 is 5.32 Å². The smallest absolute Gasteiger partial charge is 0.132 e. The number of hydrogen-bond donors (Lipinski definition) is 1. The van der Waals surface area contributed by atoms with Crippen molar-refractivity contribution in [3.05, 3.63) is 69.4 Å². The molecule has 0 heterocycles. The fraction of sp³-hybridized carbons (Fsp3) is 0.200. The van der Waals surface area contributed by atoms with Gasteiger partial charge in [-0.1, -0.05) is 35.0 Å². The van der Waals surface area contributed by atoms with E-state index in [1.54, 1.807) is 6.07 Å². The molecule has 0 saturated carbocycles. The van der Waals surface area contributed by atoms with Crippen molar-refractivity contribution in [2.24, 2.45) is 0 Å². The summed E-state index contributed by atoms with van der Waals surface area (Å²) < 4.78 is 41.8. The zero-order valence-electron chi connectivity index (χ0n) is 10.8. The number of rotatable bonds is 4. The van der Waals surface area contributed by atoms with E-state index in [2.05, 4.69) is 21.2 Å². The van der Waals surface area contributed by atoms with Crippen LogP contribution >= 0.6 is 15.9 Å². The Labute approximate surface area is 123 Å². The Morgan fingerprint density at radius 3 is 2.30 bits per heavy atom. The number of benzene rings is 2. The Balaban J connectivity index is 2.54. The topological polar surface area (TPSA) is 12.0 Å². The summed E-state index contributed by atoms with van der Waals surface area (Å²) in [7, 11) is 0. The molecule has 0 saturated heterocycles. The Morgan fingerprint density at radius 1 is 1.10 bits per heavy atom. The lowest BCUT2D eigenvalue weighted by molar-refractivity contribution is 0.507. The van der Waals surface area contributed by atoms with E-state index in [0.29, 0.717) is 16.6 Å². The quantitative estimate of drug-likeness (QED) is 0.857. The summed E-state index contributed by atoms with van der Waals surface area (Å²) >= 11 is 3.04. The summed E-state index contributed by atoms with van der Waals surface area (Å²) in [5.41, 5.74) is 0.368. The first-order valence-electron chi connectivity index (χ1n) is 6.16. The second-order valence-corrected chi connectivity index (χ2v) is 5.24. The van der Waals surface area contributed by atoms with E-state index in [1.165, 1.54) is 30.3 Å². The molecule has 0 aromatic heterocycles. The highest BCUT2D eigenvalue weighted by atomic mass is 79.9. The van der Waals surface area contributed by atoms with Crippen LogP contribution in [-0.4, -0.2) is 6.54 Å². The minimum atomic E-state index is -0.733. The van der Waals surface area contributed by atoms with Crippen LogP contribution in [0.1, 0.15) is 24.1 Å². The first-order valence-corrected chi connectivity index (χ1v) is 6.95. The van der Waals surface area contributed by atoms with Gasteiger partial charge in [-0.25, -0.2) is 13.2 Å². The van der Waals surface area contributed by atoms with Gasteiger partial charge in [0.15, 0.2) is 0 Å². The Morgan fingerprint density at radius 2 is 1.75 bits per heavy atom. The lowest BCUT2D eigenvalue weighted by Gasteiger charge is -2.20. The molecule has 2 aromatic carbocycles. The van der Waals surface area contributed by atoms with Gasteiger partial charge in [0.05, 0.1) is 6.04 Å². The van der Waals surface area contributed by atoms with Crippen LogP contribution in [-0.2, 0) is 0 Å². The fourth-order valence-electron chi connectivity index (χ4n) is 2.11. The van der Waals surface area contributed by atoms with Crippen molar-refractivity contribution in [2.45, 2.75) is 13.0 Å². The van der Waals surface area contributed by atoms with Crippen LogP contribution in [0, 0.1) is 17.5 Å². The second-order valence-electron chi connectivity index (χ2n) is 4.33. The summed E-state index contributed by atoms with van der Waals surface area (Å²) in [5.74, 6) is -1.79. The highest BCUT2D eigenvalue weighted by molar-refractivity contribution is 9.10. The lowest BCUT2D eigenvalue weighted by Crippen LogP contribution is -2.24. The van der Waals surface area contributed by atoms with Crippen LogP contribution in [0.3, 0.4) is 0 Å². The van der Waals surface area contributed by atoms with Crippen LogP contribution in [0.2, 0.25) is 0 Å². The first kappa shape index (κ1) is 15.1. The summed E-state index contributed by atoms with van der Waals surface area (Å²) in [6.07, 6.45) is 0. The molecule has 2 rings (SSSR count). The highest BCUT2D eigenvalue weighted by Crippen LogP contribution is 2.29. The minimum Gasteiger partial charge on any atom is -0.306 e. The molecule has 106 valence electrons. The minimum absolute atomic E-state index is 0.111. The molecule has 0 radical (unpaired) electrons. The Hall–Kier alpha value is -1.33. The van der Waals surface area contributed by atoms with E-state index in [0.717, 1.165) is 0 Å². The highest BCUT2D eigenvalue weighted by Gasteiger charge is 2.22. The van der Waals surface area contributed by atoms with E-state index in [9.17, 15) is 13.2 Å². The molecule has 0 spiro atoms. The van der Waals surface area contributed by atoms with Crippen molar-refractivity contribution in [3.63, 3.8) is 0 Å². The van der Waals surface area contributed by atoms with E-state index in [-0.39, 0.29) is 5.56 Å². The average Bonchev–Trinajstić information content (AvgIpc) is 2.36. The SMILES string of the molecule is CCNC(c1cccc(F)c1)c1c(F)cc(Br)cc1F. The Bertz CT molecular complexity index is 593. The molecule has 1 atom stereocenters. The van der Waals surface area contributed by atoms with Gasteiger partial charge in [0.25, 0.3) is 0 Å². The zero-order chi connectivity index (χ0) is 14.7. The molecule has 0 fully saturated rings. The molecular weight excluding hydrogens is 331 g/mol. The van der Waals surface area contributed by atoms with Gasteiger partial charge >= 0.3 is 0 Å². The van der Waals surface area contributed by atoms with Crippen LogP contribution in [0.4, 0.5) is 13.2 Å². The molecular formula is C15H13BrF3N. The maximum atomic E-state index is 14.1. The van der Waals surface area contributed by atoms with Crippen molar-refractivity contribution >= 4 is 15.9 Å². The van der Waals surface area contributed by atoms with Crippen LogP contribution in [0.25, 0.3) is 0 Å². The van der Waals surface area contributed by atoms with Crippen molar-refractivity contribution in [1.82, 2.24) is 5.32 Å². The van der Waals surface area contributed by atoms with E-state index in [4.69, 9.17) is 0 Å². The molecule has 1 unspecified atom stereocenters. The van der Waals surface area contributed by atoms with Crippen molar-refractivity contribution in [2.75, 3.05) is 6.54 Å². The van der Waals surface area contributed by atoms with Gasteiger partial charge in [0.1, 0.15) is 17.5 Å². The van der Waals surface area contributed by atoms with E-state index < -0.39 is 23.5 Å². The van der Waals surface area contributed by atoms with Gasteiger partial charge in [0, 0.05) is 10.0 Å². The second kappa shape index (κ2) is 6.41. The third-order valence-corrected chi connectivity index (χ3v) is 3.38. The summed E-state index contributed by atoms with van der Waals surface area (Å²) in [4.78, 5) is 0. The zero-order valence-corrected chi connectivity index (χ0v) is 12.3. The molecule has 0 aliphatic heterocycles. The summed E-state index contributed by atoms with van der Waals surface area (Å²) in [6.45, 7) is 2.32. The lowest BCUT2D eigenvalue weighted by atomic mass is 9.97. The van der Waals surface area contributed by atoms with Gasteiger partial charge in [-0.2, -0.15) is 0 Å². The molecule has 0 amide bonds. The van der Waals surface area contributed by atoms with Crippen molar-refractivity contribution in [3.8, 4) is 0 Å². The van der Waals surface area contributed by atoms with Crippen LogP contribution in [0.5, 0.6) is 0 Å². The van der Waals surface area contributed by atoms with Gasteiger partial charge in [-0.05, 0) is 36.4 Å². The fourth-order valence-corrected chi connectivity index (χ4v) is 2.51. The molecule has 1 N–H and O–H groups in total. The molecule has 0 bridgehead atoms. The molecule has 0 aliphatic carbocycles. The molecule has 2 aromatic rings. The van der Waals surface area contributed by atoms with E-state index >= 15 is 0 Å². The molecule has 0 aliphatic rings. The van der Waals surface area contributed by atoms with Crippen LogP contribution in [0.15, 0.2) is 40.9 Å².